The van der Waals surface area contributed by atoms with Gasteiger partial charge in [-0.15, -0.1) is 0 Å². The fourth-order valence-electron chi connectivity index (χ4n) is 3.43. The van der Waals surface area contributed by atoms with E-state index in [0.717, 1.165) is 43.8 Å². The van der Waals surface area contributed by atoms with E-state index in [1.807, 2.05) is 30.7 Å². The summed E-state index contributed by atoms with van der Waals surface area (Å²) in [7, 11) is 0. The summed E-state index contributed by atoms with van der Waals surface area (Å²) in [6.07, 6.45) is 12.8. The number of nitrogens with one attached hydrogen (secondary N) is 1. The van der Waals surface area contributed by atoms with E-state index in [9.17, 15) is 0 Å². The maximum atomic E-state index is 5.65. The minimum atomic E-state index is 0.474. The second-order valence-corrected chi connectivity index (χ2v) is 6.57. The Morgan fingerprint density at radius 2 is 2.08 bits per heavy atom. The van der Waals surface area contributed by atoms with Crippen molar-refractivity contribution in [1.82, 2.24) is 24.3 Å². The topological polar surface area (TPSA) is 84.4 Å². The number of pyridine rings is 1. The van der Waals surface area contributed by atoms with Crippen molar-refractivity contribution in [1.29, 1.82) is 0 Å². The van der Waals surface area contributed by atoms with Gasteiger partial charge in [-0.2, -0.15) is 0 Å². The molecule has 7 heteroatoms. The van der Waals surface area contributed by atoms with Gasteiger partial charge in [0.1, 0.15) is 5.82 Å². The van der Waals surface area contributed by atoms with E-state index in [-0.39, 0.29) is 0 Å². The summed E-state index contributed by atoms with van der Waals surface area (Å²) < 4.78 is 2.12. The standard InChI is InChI=1S/C18H23N7/c19-17-4-3-15(10-21-17)23-14-2-1-7-24(8-5-14)13-16-11-22-18-12-20-6-9-25(16)18/h3-4,6,9-12,14,23H,1-2,5,7-8,13H2,(H2,19,21)/t14-/m0/s1. The van der Waals surface area contributed by atoms with Crippen molar-refractivity contribution in [3.63, 3.8) is 0 Å². The average Bonchev–Trinajstić information content (AvgIpc) is 2.90. The van der Waals surface area contributed by atoms with Gasteiger partial charge in [-0.1, -0.05) is 0 Å². The van der Waals surface area contributed by atoms with E-state index >= 15 is 0 Å². The van der Waals surface area contributed by atoms with Crippen LogP contribution in [0.5, 0.6) is 0 Å². The van der Waals surface area contributed by atoms with E-state index in [4.69, 9.17) is 5.73 Å². The zero-order valence-corrected chi connectivity index (χ0v) is 14.2. The highest BCUT2D eigenvalue weighted by Crippen LogP contribution is 2.18. The van der Waals surface area contributed by atoms with E-state index in [2.05, 4.69) is 29.6 Å². The number of fused-ring (bicyclic) bond motifs is 1. The van der Waals surface area contributed by atoms with Crippen LogP contribution in [0.2, 0.25) is 0 Å². The molecule has 4 heterocycles. The Kier molecular flexibility index (Phi) is 4.47. The number of nitrogens with two attached hydrogens (primary N) is 1. The Bertz CT molecular complexity index is 827. The average molecular weight is 337 g/mol. The minimum absolute atomic E-state index is 0.474. The fourth-order valence-corrected chi connectivity index (χ4v) is 3.43. The molecule has 1 aliphatic heterocycles. The molecule has 3 N–H and O–H groups in total. The second-order valence-electron chi connectivity index (χ2n) is 6.57. The van der Waals surface area contributed by atoms with Crippen LogP contribution in [-0.2, 0) is 6.54 Å². The number of rotatable bonds is 4. The summed E-state index contributed by atoms with van der Waals surface area (Å²) in [5.41, 5.74) is 8.81. The third-order valence-corrected chi connectivity index (χ3v) is 4.76. The van der Waals surface area contributed by atoms with Gasteiger partial charge in [-0.05, 0) is 37.9 Å². The summed E-state index contributed by atoms with van der Waals surface area (Å²) in [6, 6.07) is 4.31. The van der Waals surface area contributed by atoms with Crippen molar-refractivity contribution >= 4 is 17.2 Å². The zero-order valence-electron chi connectivity index (χ0n) is 14.2. The molecule has 3 aromatic heterocycles. The SMILES string of the molecule is Nc1ccc(N[C@H]2CCCN(Cc3cnc4cnccn34)CC2)cn1. The molecule has 0 radical (unpaired) electrons. The number of hydrogen-bond donors (Lipinski definition) is 2. The first-order valence-corrected chi connectivity index (χ1v) is 8.74. The maximum Gasteiger partial charge on any atom is 0.155 e. The third-order valence-electron chi connectivity index (χ3n) is 4.76. The Morgan fingerprint density at radius 1 is 1.12 bits per heavy atom. The highest BCUT2D eigenvalue weighted by atomic mass is 15.2. The van der Waals surface area contributed by atoms with Gasteiger partial charge >= 0.3 is 0 Å². The molecule has 0 spiro atoms. The summed E-state index contributed by atoms with van der Waals surface area (Å²) in [5, 5.41) is 3.59. The third kappa shape index (κ3) is 3.71. The van der Waals surface area contributed by atoms with Crippen molar-refractivity contribution in [2.75, 3.05) is 24.1 Å². The lowest BCUT2D eigenvalue weighted by Gasteiger charge is -2.20. The number of hydrogen-bond acceptors (Lipinski definition) is 6. The number of nitrogen functional groups attached to an aromatic ring is 1. The van der Waals surface area contributed by atoms with Crippen molar-refractivity contribution in [3.8, 4) is 0 Å². The Balaban J connectivity index is 1.37. The van der Waals surface area contributed by atoms with E-state index in [0.29, 0.717) is 11.9 Å². The van der Waals surface area contributed by atoms with Crippen LogP contribution >= 0.6 is 0 Å². The molecule has 0 aromatic carbocycles. The van der Waals surface area contributed by atoms with Crippen LogP contribution in [0.15, 0.2) is 43.1 Å². The number of likely N-dealkylation sites (tertiary alicyclic amines) is 1. The molecule has 0 bridgehead atoms. The van der Waals surface area contributed by atoms with Gasteiger partial charge in [0.05, 0.1) is 30.0 Å². The molecular weight excluding hydrogens is 314 g/mol. The second kappa shape index (κ2) is 7.06. The molecule has 1 fully saturated rings. The Labute approximate surface area is 146 Å². The van der Waals surface area contributed by atoms with Crippen LogP contribution in [0.25, 0.3) is 5.65 Å². The van der Waals surface area contributed by atoms with E-state index in [1.54, 1.807) is 12.4 Å². The lowest BCUT2D eigenvalue weighted by atomic mass is 10.1. The van der Waals surface area contributed by atoms with Gasteiger partial charge in [0, 0.05) is 31.5 Å². The van der Waals surface area contributed by atoms with Gasteiger partial charge in [-0.25, -0.2) is 9.97 Å². The van der Waals surface area contributed by atoms with Crippen molar-refractivity contribution < 1.29 is 0 Å². The molecule has 0 saturated carbocycles. The molecule has 1 aliphatic rings. The molecule has 1 saturated heterocycles. The summed E-state index contributed by atoms with van der Waals surface area (Å²) >= 11 is 0. The predicted molar refractivity (Wildman–Crippen MR) is 98.2 cm³/mol. The zero-order chi connectivity index (χ0) is 17.1. The van der Waals surface area contributed by atoms with Crippen molar-refractivity contribution in [2.24, 2.45) is 0 Å². The number of anilines is 2. The molecule has 4 rings (SSSR count). The molecular formula is C18H23N7. The molecule has 1 atom stereocenters. The van der Waals surface area contributed by atoms with Crippen molar-refractivity contribution in [3.05, 3.63) is 48.8 Å². The van der Waals surface area contributed by atoms with Crippen LogP contribution < -0.4 is 11.1 Å². The Morgan fingerprint density at radius 3 is 2.96 bits per heavy atom. The molecule has 0 aliphatic carbocycles. The van der Waals surface area contributed by atoms with Crippen LogP contribution in [0.1, 0.15) is 25.0 Å². The van der Waals surface area contributed by atoms with Gasteiger partial charge in [0.15, 0.2) is 5.65 Å². The first-order chi connectivity index (χ1) is 12.3. The Hall–Kier alpha value is -2.67. The normalized spacial score (nSPS) is 19.0. The first kappa shape index (κ1) is 15.8. The van der Waals surface area contributed by atoms with Crippen molar-refractivity contribution in [2.45, 2.75) is 31.8 Å². The maximum absolute atomic E-state index is 5.65. The summed E-state index contributed by atoms with van der Waals surface area (Å²) in [4.78, 5) is 15.2. The van der Waals surface area contributed by atoms with Crippen LogP contribution in [-0.4, -0.2) is 43.4 Å². The highest BCUT2D eigenvalue weighted by molar-refractivity contribution is 5.46. The van der Waals surface area contributed by atoms with Crippen LogP contribution in [0.4, 0.5) is 11.5 Å². The van der Waals surface area contributed by atoms with E-state index in [1.165, 1.54) is 12.1 Å². The molecule has 0 amide bonds. The predicted octanol–water partition coefficient (Wildman–Crippen LogP) is 2.17. The van der Waals surface area contributed by atoms with E-state index < -0.39 is 0 Å². The van der Waals surface area contributed by atoms with Gasteiger partial charge in [-0.3, -0.25) is 14.3 Å². The lowest BCUT2D eigenvalue weighted by Crippen LogP contribution is -2.26. The monoisotopic (exact) mass is 337 g/mol. The molecule has 3 aromatic rings. The van der Waals surface area contributed by atoms with Crippen LogP contribution in [0.3, 0.4) is 0 Å². The van der Waals surface area contributed by atoms with Crippen LogP contribution in [0, 0.1) is 0 Å². The van der Waals surface area contributed by atoms with Gasteiger partial charge in [0.2, 0.25) is 0 Å². The molecule has 7 nitrogen and oxygen atoms in total. The minimum Gasteiger partial charge on any atom is -0.384 e. The van der Waals surface area contributed by atoms with Gasteiger partial charge in [0.25, 0.3) is 0 Å². The summed E-state index contributed by atoms with van der Waals surface area (Å²) in [5.74, 6) is 0.556. The summed E-state index contributed by atoms with van der Waals surface area (Å²) in [6.45, 7) is 3.09. The quantitative estimate of drug-likeness (QED) is 0.759. The lowest BCUT2D eigenvalue weighted by molar-refractivity contribution is 0.272. The first-order valence-electron chi connectivity index (χ1n) is 8.74. The molecule has 0 unspecified atom stereocenters. The highest BCUT2D eigenvalue weighted by Gasteiger charge is 2.18. The number of aromatic nitrogens is 4. The fraction of sp³-hybridized carbons (Fsp3) is 0.389. The molecule has 25 heavy (non-hydrogen) atoms. The smallest absolute Gasteiger partial charge is 0.155 e. The number of nitrogens with zero attached hydrogens (tertiary/aromatic N) is 5. The van der Waals surface area contributed by atoms with Gasteiger partial charge < -0.3 is 11.1 Å². The number of imidazole rings is 1. The molecule has 130 valence electrons. The largest absolute Gasteiger partial charge is 0.384 e.